The molecule has 0 atom stereocenters. The largest absolute Gasteiger partial charge is 0.477 e. The van der Waals surface area contributed by atoms with Crippen molar-refractivity contribution in [3.63, 3.8) is 0 Å². The molecule has 0 spiro atoms. The van der Waals surface area contributed by atoms with Gasteiger partial charge in [-0.05, 0) is 18.2 Å². The first-order valence-corrected chi connectivity index (χ1v) is 5.01. The van der Waals surface area contributed by atoms with Crippen LogP contribution in [0.1, 0.15) is 10.5 Å². The minimum absolute atomic E-state index is 0.128. The third kappa shape index (κ3) is 2.10. The van der Waals surface area contributed by atoms with Gasteiger partial charge in [0.1, 0.15) is 5.69 Å². The zero-order chi connectivity index (χ0) is 12.4. The maximum absolute atomic E-state index is 11.0. The highest BCUT2D eigenvalue weighted by atomic mass is 16.4. The van der Waals surface area contributed by atoms with Gasteiger partial charge in [0.05, 0.1) is 0 Å². The average Bonchev–Trinajstić information content (AvgIpc) is 2.82. The van der Waals surface area contributed by atoms with Gasteiger partial charge in [0.15, 0.2) is 11.5 Å². The Bertz CT molecular complexity index is 580. The van der Waals surface area contributed by atoms with Gasteiger partial charge in [-0.2, -0.15) is 0 Å². The van der Waals surface area contributed by atoms with Crippen LogP contribution < -0.4 is 0 Å². The standard InChI is InChI=1S/C11H12N4O2/c1-14-6-3-4-9(14)13-12-8-5-7-15(2)10(8)11(16)17/h3-7H,1-2H3,(H,16,17). The number of nitrogens with zero attached hydrogens (tertiary/aromatic N) is 4. The van der Waals surface area contributed by atoms with E-state index >= 15 is 0 Å². The molecule has 0 bridgehead atoms. The molecule has 0 saturated carbocycles. The molecule has 0 saturated heterocycles. The third-order valence-electron chi connectivity index (χ3n) is 2.43. The van der Waals surface area contributed by atoms with E-state index in [-0.39, 0.29) is 5.69 Å². The zero-order valence-corrected chi connectivity index (χ0v) is 9.53. The molecule has 0 amide bonds. The minimum Gasteiger partial charge on any atom is -0.477 e. The molecule has 88 valence electrons. The van der Waals surface area contributed by atoms with Gasteiger partial charge >= 0.3 is 5.97 Å². The molecule has 6 nitrogen and oxygen atoms in total. The lowest BCUT2D eigenvalue weighted by molar-refractivity contribution is 0.0687. The first kappa shape index (κ1) is 11.1. The highest BCUT2D eigenvalue weighted by Gasteiger charge is 2.13. The Morgan fingerprint density at radius 1 is 1.18 bits per heavy atom. The van der Waals surface area contributed by atoms with Gasteiger partial charge in [-0.3, -0.25) is 0 Å². The predicted molar refractivity (Wildman–Crippen MR) is 62.0 cm³/mol. The maximum Gasteiger partial charge on any atom is 0.354 e. The molecule has 0 aliphatic rings. The van der Waals surface area contributed by atoms with Crippen molar-refractivity contribution in [1.82, 2.24) is 9.13 Å². The van der Waals surface area contributed by atoms with Crippen molar-refractivity contribution in [1.29, 1.82) is 0 Å². The number of azo groups is 1. The van der Waals surface area contributed by atoms with Crippen molar-refractivity contribution < 1.29 is 9.90 Å². The first-order chi connectivity index (χ1) is 8.09. The van der Waals surface area contributed by atoms with E-state index < -0.39 is 5.97 Å². The topological polar surface area (TPSA) is 71.9 Å². The van der Waals surface area contributed by atoms with E-state index in [9.17, 15) is 4.79 Å². The maximum atomic E-state index is 11.0. The summed E-state index contributed by atoms with van der Waals surface area (Å²) in [5.41, 5.74) is 0.476. The number of carboxylic acids is 1. The number of aromatic carboxylic acids is 1. The van der Waals surface area contributed by atoms with Crippen LogP contribution in [0.4, 0.5) is 11.5 Å². The third-order valence-corrected chi connectivity index (χ3v) is 2.43. The molecule has 2 heterocycles. The van der Waals surface area contributed by atoms with Crippen LogP contribution in [0.15, 0.2) is 40.8 Å². The predicted octanol–water partition coefficient (Wildman–Crippen LogP) is 2.48. The highest BCUT2D eigenvalue weighted by molar-refractivity contribution is 5.91. The molecule has 1 N–H and O–H groups in total. The van der Waals surface area contributed by atoms with Crippen LogP contribution in [0.2, 0.25) is 0 Å². The fraction of sp³-hybridized carbons (Fsp3) is 0.182. The molecule has 0 aliphatic heterocycles. The first-order valence-electron chi connectivity index (χ1n) is 5.01. The quantitative estimate of drug-likeness (QED) is 0.825. The van der Waals surface area contributed by atoms with E-state index in [1.807, 2.05) is 19.3 Å². The second-order valence-corrected chi connectivity index (χ2v) is 3.64. The molecule has 0 aliphatic carbocycles. The Labute approximate surface area is 97.8 Å². The fourth-order valence-electron chi connectivity index (χ4n) is 1.52. The molecule has 0 radical (unpaired) electrons. The second kappa shape index (κ2) is 4.25. The molecule has 0 aromatic carbocycles. The summed E-state index contributed by atoms with van der Waals surface area (Å²) in [6.07, 6.45) is 3.49. The lowest BCUT2D eigenvalue weighted by Crippen LogP contribution is -2.03. The summed E-state index contributed by atoms with van der Waals surface area (Å²) in [5.74, 6) is -0.344. The molecular formula is C11H12N4O2. The van der Waals surface area contributed by atoms with Gasteiger partial charge in [-0.15, -0.1) is 10.2 Å². The summed E-state index contributed by atoms with van der Waals surface area (Å²) in [7, 11) is 3.50. The molecule has 6 heteroatoms. The van der Waals surface area contributed by atoms with E-state index in [2.05, 4.69) is 10.2 Å². The molecule has 17 heavy (non-hydrogen) atoms. The van der Waals surface area contributed by atoms with Gasteiger partial charge in [-0.1, -0.05) is 0 Å². The average molecular weight is 232 g/mol. The van der Waals surface area contributed by atoms with E-state index in [1.165, 1.54) is 4.57 Å². The van der Waals surface area contributed by atoms with Crippen LogP contribution in [0.5, 0.6) is 0 Å². The summed E-state index contributed by atoms with van der Waals surface area (Å²) in [6, 6.07) is 5.26. The van der Waals surface area contributed by atoms with Crippen LogP contribution >= 0.6 is 0 Å². The van der Waals surface area contributed by atoms with E-state index in [0.29, 0.717) is 11.5 Å². The second-order valence-electron chi connectivity index (χ2n) is 3.64. The SMILES string of the molecule is Cn1cccc1N=Nc1ccn(C)c1C(=O)O. The highest BCUT2D eigenvalue weighted by Crippen LogP contribution is 2.23. The van der Waals surface area contributed by atoms with Gasteiger partial charge in [-0.25, -0.2) is 4.79 Å². The lowest BCUT2D eigenvalue weighted by Gasteiger charge is -1.97. The Morgan fingerprint density at radius 2 is 1.94 bits per heavy atom. The van der Waals surface area contributed by atoms with Gasteiger partial charge in [0, 0.05) is 26.5 Å². The van der Waals surface area contributed by atoms with Crippen LogP contribution in [0.3, 0.4) is 0 Å². The molecule has 0 unspecified atom stereocenters. The monoisotopic (exact) mass is 232 g/mol. The zero-order valence-electron chi connectivity index (χ0n) is 9.53. The molecular weight excluding hydrogens is 220 g/mol. The van der Waals surface area contributed by atoms with Gasteiger partial charge in [0.2, 0.25) is 0 Å². The lowest BCUT2D eigenvalue weighted by atomic mass is 10.4. The van der Waals surface area contributed by atoms with Crippen molar-refractivity contribution >= 4 is 17.5 Å². The fourth-order valence-corrected chi connectivity index (χ4v) is 1.52. The number of hydrogen-bond donors (Lipinski definition) is 1. The van der Waals surface area contributed by atoms with Crippen molar-refractivity contribution in [2.45, 2.75) is 0 Å². The molecule has 2 aromatic rings. The van der Waals surface area contributed by atoms with Gasteiger partial charge < -0.3 is 14.2 Å². The van der Waals surface area contributed by atoms with Crippen molar-refractivity contribution in [2.24, 2.45) is 24.3 Å². The van der Waals surface area contributed by atoms with Crippen molar-refractivity contribution in [2.75, 3.05) is 0 Å². The number of rotatable bonds is 3. The Kier molecular flexibility index (Phi) is 2.78. The molecule has 2 aromatic heterocycles. The van der Waals surface area contributed by atoms with Crippen LogP contribution in [0, 0.1) is 0 Å². The smallest absolute Gasteiger partial charge is 0.354 e. The number of carbonyl (C=O) groups is 1. The van der Waals surface area contributed by atoms with Crippen molar-refractivity contribution in [3.8, 4) is 0 Å². The van der Waals surface area contributed by atoms with Crippen LogP contribution in [0.25, 0.3) is 0 Å². The summed E-state index contributed by atoms with van der Waals surface area (Å²) < 4.78 is 3.30. The number of aryl methyl sites for hydroxylation is 2. The Balaban J connectivity index is 2.34. The number of aromatic nitrogens is 2. The Hall–Kier alpha value is -2.37. The van der Waals surface area contributed by atoms with E-state index in [1.54, 1.807) is 29.9 Å². The van der Waals surface area contributed by atoms with E-state index in [4.69, 9.17) is 5.11 Å². The molecule has 0 fully saturated rings. The van der Waals surface area contributed by atoms with Crippen LogP contribution in [-0.2, 0) is 14.1 Å². The van der Waals surface area contributed by atoms with Crippen molar-refractivity contribution in [3.05, 3.63) is 36.3 Å². The van der Waals surface area contributed by atoms with Crippen LogP contribution in [-0.4, -0.2) is 20.2 Å². The Morgan fingerprint density at radius 3 is 2.53 bits per heavy atom. The summed E-state index contributed by atoms with van der Waals surface area (Å²) in [6.45, 7) is 0. The number of hydrogen-bond acceptors (Lipinski definition) is 3. The molecule has 2 rings (SSSR count). The van der Waals surface area contributed by atoms with Gasteiger partial charge in [0.25, 0.3) is 0 Å². The number of carboxylic acid groups (broad SMARTS) is 1. The summed E-state index contributed by atoms with van der Waals surface area (Å²) in [4.78, 5) is 11.0. The summed E-state index contributed by atoms with van der Waals surface area (Å²) in [5, 5.41) is 17.0. The van der Waals surface area contributed by atoms with E-state index in [0.717, 1.165) is 0 Å². The summed E-state index contributed by atoms with van der Waals surface area (Å²) >= 11 is 0. The normalized spacial score (nSPS) is 11.2. The minimum atomic E-state index is -1.02.